The molecule has 1 aromatic carbocycles. The summed E-state index contributed by atoms with van der Waals surface area (Å²) in [5, 5.41) is 4.14. The SMILES string of the molecule is CNC(C)(C)C(=O)N(C)Cc1cc(Cl)cc(Cl)c1. The first-order chi connectivity index (χ1) is 8.26. The molecule has 0 aliphatic rings. The van der Waals surface area contributed by atoms with Gasteiger partial charge < -0.3 is 10.2 Å². The first kappa shape index (κ1) is 15.3. The third kappa shape index (κ3) is 3.87. The van der Waals surface area contributed by atoms with Crippen LogP contribution in [0.15, 0.2) is 18.2 Å². The Balaban J connectivity index is 2.81. The fourth-order valence-corrected chi connectivity index (χ4v) is 2.20. The number of carbonyl (C=O) groups is 1. The average Bonchev–Trinajstić information content (AvgIpc) is 2.26. The molecule has 1 N–H and O–H groups in total. The monoisotopic (exact) mass is 288 g/mol. The summed E-state index contributed by atoms with van der Waals surface area (Å²) in [6.07, 6.45) is 0. The molecule has 0 unspecified atom stereocenters. The van der Waals surface area contributed by atoms with E-state index < -0.39 is 5.54 Å². The lowest BCUT2D eigenvalue weighted by molar-refractivity contribution is -0.136. The Hall–Kier alpha value is -0.770. The zero-order chi connectivity index (χ0) is 13.9. The van der Waals surface area contributed by atoms with Gasteiger partial charge in [0.15, 0.2) is 0 Å². The van der Waals surface area contributed by atoms with Gasteiger partial charge >= 0.3 is 0 Å². The predicted molar refractivity (Wildman–Crippen MR) is 76.1 cm³/mol. The first-order valence-corrected chi connectivity index (χ1v) is 6.41. The number of halogens is 2. The van der Waals surface area contributed by atoms with Gasteiger partial charge in [0.2, 0.25) is 5.91 Å². The minimum Gasteiger partial charge on any atom is -0.340 e. The van der Waals surface area contributed by atoms with Crippen molar-refractivity contribution in [3.8, 4) is 0 Å². The van der Waals surface area contributed by atoms with Gasteiger partial charge in [-0.15, -0.1) is 0 Å². The molecule has 18 heavy (non-hydrogen) atoms. The minimum absolute atomic E-state index is 0.0149. The summed E-state index contributed by atoms with van der Waals surface area (Å²) in [6.45, 7) is 4.16. The van der Waals surface area contributed by atoms with Gasteiger partial charge in [-0.25, -0.2) is 0 Å². The Bertz CT molecular complexity index is 426. The fraction of sp³-hybridized carbons (Fsp3) is 0.462. The highest BCUT2D eigenvalue weighted by molar-refractivity contribution is 6.34. The zero-order valence-electron chi connectivity index (χ0n) is 11.1. The molecular weight excluding hydrogens is 271 g/mol. The topological polar surface area (TPSA) is 32.3 Å². The van der Waals surface area contributed by atoms with E-state index >= 15 is 0 Å². The van der Waals surface area contributed by atoms with E-state index in [2.05, 4.69) is 5.32 Å². The average molecular weight is 289 g/mol. The van der Waals surface area contributed by atoms with Crippen molar-refractivity contribution in [1.29, 1.82) is 0 Å². The van der Waals surface area contributed by atoms with E-state index in [1.165, 1.54) is 0 Å². The first-order valence-electron chi connectivity index (χ1n) is 5.65. The summed E-state index contributed by atoms with van der Waals surface area (Å²) in [4.78, 5) is 13.8. The van der Waals surface area contributed by atoms with Crippen molar-refractivity contribution in [3.05, 3.63) is 33.8 Å². The third-order valence-corrected chi connectivity index (χ3v) is 3.28. The lowest BCUT2D eigenvalue weighted by Crippen LogP contribution is -2.51. The van der Waals surface area contributed by atoms with Gasteiger partial charge in [-0.2, -0.15) is 0 Å². The van der Waals surface area contributed by atoms with Gasteiger partial charge in [-0.05, 0) is 44.7 Å². The number of nitrogens with zero attached hydrogens (tertiary/aromatic N) is 1. The molecule has 1 rings (SSSR count). The number of nitrogens with one attached hydrogen (secondary N) is 1. The molecule has 1 amide bonds. The summed E-state index contributed by atoms with van der Waals surface area (Å²) < 4.78 is 0. The van der Waals surface area contributed by atoms with Crippen molar-refractivity contribution >= 4 is 29.1 Å². The van der Waals surface area contributed by atoms with Crippen molar-refractivity contribution in [2.75, 3.05) is 14.1 Å². The highest BCUT2D eigenvalue weighted by atomic mass is 35.5. The van der Waals surface area contributed by atoms with Crippen LogP contribution in [0.4, 0.5) is 0 Å². The number of rotatable bonds is 4. The fourth-order valence-electron chi connectivity index (χ4n) is 1.63. The van der Waals surface area contributed by atoms with E-state index in [9.17, 15) is 4.79 Å². The van der Waals surface area contributed by atoms with Crippen LogP contribution >= 0.6 is 23.2 Å². The quantitative estimate of drug-likeness (QED) is 0.924. The molecular formula is C13H18Cl2N2O. The third-order valence-electron chi connectivity index (χ3n) is 2.85. The van der Waals surface area contributed by atoms with Gasteiger partial charge in [0.05, 0.1) is 5.54 Å². The van der Waals surface area contributed by atoms with Gasteiger partial charge in [0.1, 0.15) is 0 Å². The van der Waals surface area contributed by atoms with Gasteiger partial charge in [-0.1, -0.05) is 23.2 Å². The van der Waals surface area contributed by atoms with Gasteiger partial charge in [0, 0.05) is 23.6 Å². The zero-order valence-corrected chi connectivity index (χ0v) is 12.6. The van der Waals surface area contributed by atoms with Crippen LogP contribution in [-0.2, 0) is 11.3 Å². The van der Waals surface area contributed by atoms with Crippen LogP contribution < -0.4 is 5.32 Å². The van der Waals surface area contributed by atoms with E-state index in [0.29, 0.717) is 16.6 Å². The Labute approximate surface area is 118 Å². The predicted octanol–water partition coefficient (Wildman–Crippen LogP) is 2.95. The Morgan fingerprint density at radius 3 is 2.22 bits per heavy atom. The maximum absolute atomic E-state index is 12.2. The van der Waals surface area contributed by atoms with Gasteiger partial charge in [0.25, 0.3) is 0 Å². The summed E-state index contributed by atoms with van der Waals surface area (Å²) in [7, 11) is 3.53. The Kier molecular flexibility index (Phi) is 5.02. The molecule has 0 heterocycles. The molecule has 3 nitrogen and oxygen atoms in total. The number of amides is 1. The standard InChI is InChI=1S/C13H18Cl2N2O/c1-13(2,16-3)12(18)17(4)8-9-5-10(14)7-11(15)6-9/h5-7,16H,8H2,1-4H3. The van der Waals surface area contributed by atoms with Crippen LogP contribution in [0.1, 0.15) is 19.4 Å². The van der Waals surface area contributed by atoms with Crippen molar-refractivity contribution in [3.63, 3.8) is 0 Å². The minimum atomic E-state index is -0.586. The summed E-state index contributed by atoms with van der Waals surface area (Å²) >= 11 is 11.9. The second kappa shape index (κ2) is 5.91. The van der Waals surface area contributed by atoms with E-state index in [0.717, 1.165) is 5.56 Å². The van der Waals surface area contributed by atoms with Crippen LogP contribution in [0.25, 0.3) is 0 Å². The summed E-state index contributed by atoms with van der Waals surface area (Å²) in [6, 6.07) is 5.29. The van der Waals surface area contributed by atoms with E-state index in [-0.39, 0.29) is 5.91 Å². The van der Waals surface area contributed by atoms with Gasteiger partial charge in [-0.3, -0.25) is 4.79 Å². The molecule has 0 radical (unpaired) electrons. The number of carbonyl (C=O) groups excluding carboxylic acids is 1. The maximum Gasteiger partial charge on any atom is 0.242 e. The van der Waals surface area contributed by atoms with Crippen LogP contribution in [-0.4, -0.2) is 30.4 Å². The highest BCUT2D eigenvalue weighted by Crippen LogP contribution is 2.20. The summed E-state index contributed by atoms with van der Waals surface area (Å²) in [5.41, 5.74) is 0.326. The molecule has 1 aromatic rings. The Morgan fingerprint density at radius 1 is 1.28 bits per heavy atom. The van der Waals surface area contributed by atoms with Crippen molar-refractivity contribution in [1.82, 2.24) is 10.2 Å². The molecule has 0 aliphatic carbocycles. The molecule has 0 spiro atoms. The smallest absolute Gasteiger partial charge is 0.242 e. The highest BCUT2D eigenvalue weighted by Gasteiger charge is 2.28. The largest absolute Gasteiger partial charge is 0.340 e. The van der Waals surface area contributed by atoms with E-state index in [1.807, 2.05) is 26.0 Å². The van der Waals surface area contributed by atoms with Crippen LogP contribution in [0.2, 0.25) is 10.0 Å². The normalized spacial score (nSPS) is 11.4. The number of hydrogen-bond acceptors (Lipinski definition) is 2. The van der Waals surface area contributed by atoms with E-state index in [4.69, 9.17) is 23.2 Å². The van der Waals surface area contributed by atoms with Crippen LogP contribution in [0, 0.1) is 0 Å². The van der Waals surface area contributed by atoms with Crippen molar-refractivity contribution < 1.29 is 4.79 Å². The van der Waals surface area contributed by atoms with Crippen LogP contribution in [0.3, 0.4) is 0 Å². The molecule has 0 bridgehead atoms. The van der Waals surface area contributed by atoms with E-state index in [1.54, 1.807) is 25.1 Å². The molecule has 100 valence electrons. The molecule has 0 aliphatic heterocycles. The second-order valence-corrected chi connectivity index (χ2v) is 5.69. The molecule has 0 atom stereocenters. The number of hydrogen-bond donors (Lipinski definition) is 1. The molecule has 0 saturated heterocycles. The van der Waals surface area contributed by atoms with Crippen LogP contribution in [0.5, 0.6) is 0 Å². The lowest BCUT2D eigenvalue weighted by Gasteiger charge is -2.29. The molecule has 5 heteroatoms. The maximum atomic E-state index is 12.2. The lowest BCUT2D eigenvalue weighted by atomic mass is 10.0. The van der Waals surface area contributed by atoms with Crippen molar-refractivity contribution in [2.45, 2.75) is 25.9 Å². The Morgan fingerprint density at radius 2 is 1.78 bits per heavy atom. The second-order valence-electron chi connectivity index (χ2n) is 4.81. The molecule has 0 saturated carbocycles. The number of benzene rings is 1. The number of likely N-dealkylation sites (N-methyl/N-ethyl adjacent to an activating group) is 2. The summed E-state index contributed by atoms with van der Waals surface area (Å²) in [5.74, 6) is 0.0149. The molecule has 0 aromatic heterocycles. The van der Waals surface area contributed by atoms with Crippen molar-refractivity contribution in [2.24, 2.45) is 0 Å². The molecule has 0 fully saturated rings.